The van der Waals surface area contributed by atoms with Gasteiger partial charge in [-0.05, 0) is 24.3 Å². The van der Waals surface area contributed by atoms with E-state index in [-0.39, 0.29) is 5.91 Å². The number of carbonyl (C=O) groups excluding carboxylic acids is 1. The molecule has 0 spiro atoms. The molecule has 26 heavy (non-hydrogen) atoms. The number of aliphatic imine (C=N–C) groups is 1. The standard InChI is InChI=1S/C18H20N4O4/c1-5-15(23)22-18-12(7-6-8-19-18)20-17(21-22)11-9-13(24-2)16(26-4)14(10-11)25-3/h6-10H,5H2,1-4H3,(H,20,21). The Morgan fingerprint density at radius 2 is 1.85 bits per heavy atom. The summed E-state index contributed by atoms with van der Waals surface area (Å²) in [6.45, 7) is 1.79. The zero-order chi connectivity index (χ0) is 18.7. The van der Waals surface area contributed by atoms with Gasteiger partial charge in [0.25, 0.3) is 0 Å². The Bertz CT molecular complexity index is 841. The zero-order valence-corrected chi connectivity index (χ0v) is 15.1. The fraction of sp³-hybridized carbons (Fsp3) is 0.278. The topological polar surface area (TPSA) is 85.3 Å². The maximum atomic E-state index is 12.4. The summed E-state index contributed by atoms with van der Waals surface area (Å²) >= 11 is 0. The lowest BCUT2D eigenvalue weighted by molar-refractivity contribution is -0.118. The number of hydrazine groups is 1. The lowest BCUT2D eigenvalue weighted by atomic mass is 10.1. The lowest BCUT2D eigenvalue weighted by Crippen LogP contribution is -2.48. The third-order valence-corrected chi connectivity index (χ3v) is 3.92. The van der Waals surface area contributed by atoms with E-state index >= 15 is 0 Å². The Balaban J connectivity index is 2.12. The van der Waals surface area contributed by atoms with Gasteiger partial charge in [-0.2, -0.15) is 0 Å². The van der Waals surface area contributed by atoms with Gasteiger partial charge in [0.05, 0.1) is 21.3 Å². The van der Waals surface area contributed by atoms with Crippen molar-refractivity contribution in [1.29, 1.82) is 0 Å². The van der Waals surface area contributed by atoms with Gasteiger partial charge in [-0.25, -0.2) is 15.0 Å². The van der Waals surface area contributed by atoms with Crippen LogP contribution >= 0.6 is 0 Å². The van der Waals surface area contributed by atoms with E-state index in [1.807, 2.05) is 0 Å². The van der Waals surface area contributed by atoms with Crippen LogP contribution in [0.3, 0.4) is 0 Å². The number of ether oxygens (including phenoxy) is 3. The van der Waals surface area contributed by atoms with Gasteiger partial charge >= 0.3 is 0 Å². The summed E-state index contributed by atoms with van der Waals surface area (Å²) in [5.74, 6) is 2.30. The van der Waals surface area contributed by atoms with Crippen molar-refractivity contribution < 1.29 is 19.0 Å². The molecule has 0 fully saturated rings. The van der Waals surface area contributed by atoms with E-state index in [9.17, 15) is 4.79 Å². The van der Waals surface area contributed by atoms with Crippen LogP contribution in [0.5, 0.6) is 17.2 Å². The van der Waals surface area contributed by atoms with E-state index in [1.54, 1.807) is 58.7 Å². The third-order valence-electron chi connectivity index (χ3n) is 3.92. The number of pyridine rings is 1. The molecule has 8 nitrogen and oxygen atoms in total. The minimum absolute atomic E-state index is 0.121. The molecule has 0 bridgehead atoms. The average Bonchev–Trinajstić information content (AvgIpc) is 2.70. The number of methoxy groups -OCH3 is 3. The zero-order valence-electron chi connectivity index (χ0n) is 15.1. The molecule has 1 aliphatic heterocycles. The van der Waals surface area contributed by atoms with Crippen molar-refractivity contribution in [2.75, 3.05) is 26.3 Å². The molecular formula is C18H20N4O4. The van der Waals surface area contributed by atoms with Gasteiger partial charge in [0.2, 0.25) is 11.7 Å². The first-order valence-electron chi connectivity index (χ1n) is 8.06. The summed E-state index contributed by atoms with van der Waals surface area (Å²) < 4.78 is 16.1. The molecule has 2 aromatic rings. The Labute approximate surface area is 151 Å². The van der Waals surface area contributed by atoms with E-state index in [0.717, 1.165) is 0 Å². The molecule has 0 radical (unpaired) electrons. The Morgan fingerprint density at radius 1 is 1.15 bits per heavy atom. The van der Waals surface area contributed by atoms with Crippen molar-refractivity contribution in [2.24, 2.45) is 4.99 Å². The molecule has 0 unspecified atom stereocenters. The van der Waals surface area contributed by atoms with Crippen molar-refractivity contribution in [1.82, 2.24) is 10.4 Å². The maximum Gasteiger partial charge on any atom is 0.246 e. The van der Waals surface area contributed by atoms with E-state index in [4.69, 9.17) is 14.2 Å². The Morgan fingerprint density at radius 3 is 2.42 bits per heavy atom. The molecule has 0 atom stereocenters. The molecule has 2 heterocycles. The largest absolute Gasteiger partial charge is 0.493 e. The second-order valence-corrected chi connectivity index (χ2v) is 5.42. The number of amidine groups is 1. The van der Waals surface area contributed by atoms with Crippen molar-refractivity contribution in [2.45, 2.75) is 13.3 Å². The van der Waals surface area contributed by atoms with Gasteiger partial charge in [0.15, 0.2) is 23.2 Å². The van der Waals surface area contributed by atoms with Crippen molar-refractivity contribution >= 4 is 23.2 Å². The van der Waals surface area contributed by atoms with Crippen LogP contribution < -0.4 is 24.6 Å². The third kappa shape index (κ3) is 3.01. The van der Waals surface area contributed by atoms with Crippen LogP contribution in [0.25, 0.3) is 0 Å². The summed E-state index contributed by atoms with van der Waals surface area (Å²) in [7, 11) is 4.63. The second kappa shape index (κ2) is 7.30. The fourth-order valence-corrected chi connectivity index (χ4v) is 2.64. The van der Waals surface area contributed by atoms with Crippen molar-refractivity contribution in [3.05, 3.63) is 36.0 Å². The highest BCUT2D eigenvalue weighted by Gasteiger charge is 2.26. The number of amides is 1. The predicted octanol–water partition coefficient (Wildman–Crippen LogP) is 2.45. The number of fused-ring (bicyclic) bond motifs is 1. The van der Waals surface area contributed by atoms with Gasteiger partial charge in [-0.1, -0.05) is 6.92 Å². The summed E-state index contributed by atoms with van der Waals surface area (Å²) in [4.78, 5) is 21.2. The molecular weight excluding hydrogens is 336 g/mol. The number of hydrogen-bond acceptors (Lipinski definition) is 7. The molecule has 3 rings (SSSR count). The summed E-state index contributed by atoms with van der Waals surface area (Å²) in [5.41, 5.74) is 4.31. The molecule has 1 aliphatic rings. The smallest absolute Gasteiger partial charge is 0.246 e. The monoisotopic (exact) mass is 356 g/mol. The first kappa shape index (κ1) is 17.5. The molecule has 8 heteroatoms. The summed E-state index contributed by atoms with van der Waals surface area (Å²) in [5, 5.41) is 1.40. The molecule has 1 aromatic heterocycles. The van der Waals surface area contributed by atoms with Crippen LogP contribution in [-0.2, 0) is 4.79 Å². The normalized spacial score (nSPS) is 12.6. The van der Waals surface area contributed by atoms with E-state index < -0.39 is 0 Å². The minimum atomic E-state index is -0.121. The average molecular weight is 356 g/mol. The number of nitrogens with one attached hydrogen (secondary N) is 1. The van der Waals surface area contributed by atoms with E-state index in [0.29, 0.717) is 46.6 Å². The maximum absolute atomic E-state index is 12.4. The highest BCUT2D eigenvalue weighted by Crippen LogP contribution is 2.39. The van der Waals surface area contributed by atoms with E-state index in [1.165, 1.54) is 5.01 Å². The molecule has 1 amide bonds. The summed E-state index contributed by atoms with van der Waals surface area (Å²) in [6.07, 6.45) is 1.95. The minimum Gasteiger partial charge on any atom is -0.493 e. The number of benzene rings is 1. The van der Waals surface area contributed by atoms with Crippen LogP contribution in [0.2, 0.25) is 0 Å². The fourth-order valence-electron chi connectivity index (χ4n) is 2.64. The van der Waals surface area contributed by atoms with Crippen LogP contribution in [0.15, 0.2) is 35.5 Å². The highest BCUT2D eigenvalue weighted by molar-refractivity contribution is 6.09. The molecule has 0 saturated heterocycles. The Kier molecular flexibility index (Phi) is 4.92. The number of anilines is 1. The number of hydrogen-bond donors (Lipinski definition) is 1. The number of nitrogens with zero attached hydrogens (tertiary/aromatic N) is 3. The predicted molar refractivity (Wildman–Crippen MR) is 97.4 cm³/mol. The van der Waals surface area contributed by atoms with Crippen molar-refractivity contribution in [3.63, 3.8) is 0 Å². The number of carbonyl (C=O) groups is 1. The number of rotatable bonds is 5. The van der Waals surface area contributed by atoms with Crippen LogP contribution in [-0.4, -0.2) is 38.1 Å². The van der Waals surface area contributed by atoms with Gasteiger partial charge in [-0.15, -0.1) is 0 Å². The first-order chi connectivity index (χ1) is 12.6. The molecule has 1 N–H and O–H groups in total. The van der Waals surface area contributed by atoms with Crippen LogP contribution in [0.1, 0.15) is 18.9 Å². The van der Waals surface area contributed by atoms with Gasteiger partial charge in [0, 0.05) is 18.2 Å². The SMILES string of the molecule is CCC(=O)N1NC(c2cc(OC)c(OC)c(OC)c2)=Nc2cccnc21. The molecule has 0 saturated carbocycles. The van der Waals surface area contributed by atoms with Crippen LogP contribution in [0.4, 0.5) is 11.5 Å². The summed E-state index contributed by atoms with van der Waals surface area (Å²) in [6, 6.07) is 7.11. The van der Waals surface area contributed by atoms with Gasteiger partial charge in [-0.3, -0.25) is 10.2 Å². The van der Waals surface area contributed by atoms with Crippen molar-refractivity contribution in [3.8, 4) is 17.2 Å². The van der Waals surface area contributed by atoms with Gasteiger partial charge < -0.3 is 14.2 Å². The second-order valence-electron chi connectivity index (χ2n) is 5.42. The highest BCUT2D eigenvalue weighted by atomic mass is 16.5. The molecule has 1 aromatic carbocycles. The van der Waals surface area contributed by atoms with Crippen LogP contribution in [0, 0.1) is 0 Å². The molecule has 136 valence electrons. The van der Waals surface area contributed by atoms with Gasteiger partial charge in [0.1, 0.15) is 5.69 Å². The lowest BCUT2D eigenvalue weighted by Gasteiger charge is -2.29. The Hall–Kier alpha value is -3.29. The van der Waals surface area contributed by atoms with E-state index in [2.05, 4.69) is 15.4 Å². The molecule has 0 aliphatic carbocycles. The number of aromatic nitrogens is 1. The quantitative estimate of drug-likeness (QED) is 0.886. The first-order valence-corrected chi connectivity index (χ1v) is 8.06.